The van der Waals surface area contributed by atoms with E-state index in [1.165, 1.54) is 25.9 Å². The Morgan fingerprint density at radius 1 is 1.29 bits per heavy atom. The van der Waals surface area contributed by atoms with Crippen LogP contribution in [-0.2, 0) is 11.3 Å². The summed E-state index contributed by atoms with van der Waals surface area (Å²) >= 11 is 0. The minimum Gasteiger partial charge on any atom is -0.380 e. The van der Waals surface area contributed by atoms with Crippen LogP contribution in [0.15, 0.2) is 29.3 Å². The predicted molar refractivity (Wildman–Crippen MR) is 112 cm³/mol. The van der Waals surface area contributed by atoms with Gasteiger partial charge in [0, 0.05) is 24.4 Å². The molecule has 1 heterocycles. The van der Waals surface area contributed by atoms with Crippen molar-refractivity contribution in [1.82, 2.24) is 4.90 Å². The quantitative estimate of drug-likeness (QED) is 0.383. The molecule has 0 aromatic heterocycles. The van der Waals surface area contributed by atoms with Gasteiger partial charge in [-0.1, -0.05) is 32.0 Å². The molecule has 0 spiro atoms. The molecule has 2 rings (SSSR count). The van der Waals surface area contributed by atoms with Crippen LogP contribution >= 0.6 is 24.0 Å². The highest BCUT2D eigenvalue weighted by Gasteiger charge is 2.24. The van der Waals surface area contributed by atoms with E-state index in [1.54, 1.807) is 7.11 Å². The van der Waals surface area contributed by atoms with Crippen molar-refractivity contribution in [1.29, 1.82) is 0 Å². The molecule has 1 unspecified atom stereocenters. The number of anilines is 1. The van der Waals surface area contributed by atoms with Gasteiger partial charge in [0.2, 0.25) is 0 Å². The van der Waals surface area contributed by atoms with Crippen LogP contribution in [0, 0.1) is 5.92 Å². The zero-order chi connectivity index (χ0) is 16.7. The average molecular weight is 446 g/mol. The molecule has 0 aliphatic carbocycles. The summed E-state index contributed by atoms with van der Waals surface area (Å²) in [6.07, 6.45) is 2.59. The SMILES string of the molecule is COCc1ccccc1NC(N)=NCC(C(C)C)N1CCCC1.I. The van der Waals surface area contributed by atoms with E-state index in [4.69, 9.17) is 10.5 Å². The Bertz CT molecular complexity index is 515. The summed E-state index contributed by atoms with van der Waals surface area (Å²) in [5.74, 6) is 1.05. The summed E-state index contributed by atoms with van der Waals surface area (Å²) in [4.78, 5) is 7.13. The predicted octanol–water partition coefficient (Wildman–Crippen LogP) is 3.30. The second-order valence-electron chi connectivity index (χ2n) is 6.50. The number of nitrogens with two attached hydrogens (primary N) is 1. The number of likely N-dealkylation sites (tertiary alicyclic amines) is 1. The highest BCUT2D eigenvalue weighted by Crippen LogP contribution is 2.18. The number of ether oxygens (including phenoxy) is 1. The van der Waals surface area contributed by atoms with Crippen LogP contribution in [0.4, 0.5) is 5.69 Å². The van der Waals surface area contributed by atoms with Crippen LogP contribution in [0.25, 0.3) is 0 Å². The van der Waals surface area contributed by atoms with Crippen molar-refractivity contribution in [2.75, 3.05) is 32.1 Å². The molecule has 24 heavy (non-hydrogen) atoms. The summed E-state index contributed by atoms with van der Waals surface area (Å²) < 4.78 is 5.22. The third-order valence-electron chi connectivity index (χ3n) is 4.41. The van der Waals surface area contributed by atoms with E-state index in [0.29, 0.717) is 24.5 Å². The fourth-order valence-electron chi connectivity index (χ4n) is 3.11. The maximum atomic E-state index is 6.10. The number of halogens is 1. The molecule has 0 saturated carbocycles. The second kappa shape index (κ2) is 10.9. The van der Waals surface area contributed by atoms with E-state index in [0.717, 1.165) is 17.8 Å². The van der Waals surface area contributed by atoms with E-state index >= 15 is 0 Å². The molecule has 0 radical (unpaired) electrons. The van der Waals surface area contributed by atoms with Crippen LogP contribution in [0.3, 0.4) is 0 Å². The number of rotatable bonds is 7. The van der Waals surface area contributed by atoms with Gasteiger partial charge in [-0.15, -0.1) is 24.0 Å². The molecular formula is C18H31IN4O. The molecule has 1 aromatic carbocycles. The molecule has 1 aliphatic rings. The van der Waals surface area contributed by atoms with Gasteiger partial charge in [0.05, 0.1) is 13.2 Å². The van der Waals surface area contributed by atoms with Crippen LogP contribution in [-0.4, -0.2) is 43.6 Å². The van der Waals surface area contributed by atoms with E-state index in [1.807, 2.05) is 24.3 Å². The Kier molecular flexibility index (Phi) is 9.61. The van der Waals surface area contributed by atoms with E-state index in [9.17, 15) is 0 Å². The Hall–Kier alpha value is -0.860. The normalized spacial score (nSPS) is 16.9. The number of hydrogen-bond acceptors (Lipinski definition) is 3. The maximum Gasteiger partial charge on any atom is 0.193 e. The van der Waals surface area contributed by atoms with Gasteiger partial charge in [0.25, 0.3) is 0 Å². The molecule has 1 atom stereocenters. The lowest BCUT2D eigenvalue weighted by Gasteiger charge is -2.29. The van der Waals surface area contributed by atoms with E-state index < -0.39 is 0 Å². The highest BCUT2D eigenvalue weighted by atomic mass is 127. The highest BCUT2D eigenvalue weighted by molar-refractivity contribution is 14.0. The zero-order valence-electron chi connectivity index (χ0n) is 15.0. The second-order valence-corrected chi connectivity index (χ2v) is 6.50. The van der Waals surface area contributed by atoms with Crippen molar-refractivity contribution in [3.8, 4) is 0 Å². The van der Waals surface area contributed by atoms with Crippen LogP contribution < -0.4 is 11.1 Å². The molecule has 0 amide bonds. The molecule has 136 valence electrons. The lowest BCUT2D eigenvalue weighted by molar-refractivity contribution is 0.185. The Morgan fingerprint density at radius 3 is 2.58 bits per heavy atom. The summed E-state index contributed by atoms with van der Waals surface area (Å²) in [7, 11) is 1.69. The minimum atomic E-state index is 0. The Morgan fingerprint density at radius 2 is 1.96 bits per heavy atom. The standard InChI is InChI=1S/C18H30N4O.HI/c1-14(2)17(22-10-6-7-11-22)12-20-18(19)21-16-9-5-4-8-15(16)13-23-3;/h4-5,8-9,14,17H,6-7,10-13H2,1-3H3,(H3,19,20,21);1H. The third-order valence-corrected chi connectivity index (χ3v) is 4.41. The largest absolute Gasteiger partial charge is 0.380 e. The number of para-hydroxylation sites is 1. The van der Waals surface area contributed by atoms with Gasteiger partial charge < -0.3 is 15.8 Å². The average Bonchev–Trinajstić information content (AvgIpc) is 3.03. The molecule has 5 nitrogen and oxygen atoms in total. The lowest BCUT2D eigenvalue weighted by Crippen LogP contribution is -2.40. The van der Waals surface area contributed by atoms with Crippen LogP contribution in [0.1, 0.15) is 32.3 Å². The Labute approximate surface area is 163 Å². The van der Waals surface area contributed by atoms with Gasteiger partial charge in [0.15, 0.2) is 5.96 Å². The molecule has 6 heteroatoms. The van der Waals surface area contributed by atoms with Crippen molar-refractivity contribution in [2.45, 2.75) is 39.3 Å². The van der Waals surface area contributed by atoms with Crippen molar-refractivity contribution < 1.29 is 4.74 Å². The molecule has 1 fully saturated rings. The lowest BCUT2D eigenvalue weighted by atomic mass is 10.0. The van der Waals surface area contributed by atoms with E-state index in [-0.39, 0.29) is 24.0 Å². The first-order valence-corrected chi connectivity index (χ1v) is 8.49. The zero-order valence-corrected chi connectivity index (χ0v) is 17.3. The topological polar surface area (TPSA) is 62.9 Å². The number of guanidine groups is 1. The Balaban J connectivity index is 0.00000288. The van der Waals surface area contributed by atoms with Crippen LogP contribution in [0.5, 0.6) is 0 Å². The van der Waals surface area contributed by atoms with Gasteiger partial charge >= 0.3 is 0 Å². The molecule has 3 N–H and O–H groups in total. The van der Waals surface area contributed by atoms with Crippen molar-refractivity contribution in [2.24, 2.45) is 16.6 Å². The van der Waals surface area contributed by atoms with Crippen molar-refractivity contribution in [3.63, 3.8) is 0 Å². The number of hydrogen-bond donors (Lipinski definition) is 2. The van der Waals surface area contributed by atoms with Gasteiger partial charge in [-0.2, -0.15) is 0 Å². The number of methoxy groups -OCH3 is 1. The van der Waals surface area contributed by atoms with Gasteiger partial charge in [-0.05, 0) is 37.9 Å². The summed E-state index contributed by atoms with van der Waals surface area (Å²) in [5, 5.41) is 3.21. The molecule has 1 aromatic rings. The smallest absolute Gasteiger partial charge is 0.193 e. The van der Waals surface area contributed by atoms with E-state index in [2.05, 4.69) is 29.1 Å². The minimum absolute atomic E-state index is 0. The number of aliphatic imine (C=N–C) groups is 1. The third kappa shape index (κ3) is 6.22. The van der Waals surface area contributed by atoms with Crippen LogP contribution in [0.2, 0.25) is 0 Å². The molecular weight excluding hydrogens is 415 g/mol. The van der Waals surface area contributed by atoms with Gasteiger partial charge in [-0.25, -0.2) is 0 Å². The first kappa shape index (κ1) is 21.2. The van der Waals surface area contributed by atoms with Gasteiger partial charge in [-0.3, -0.25) is 9.89 Å². The number of nitrogens with one attached hydrogen (secondary N) is 1. The monoisotopic (exact) mass is 446 g/mol. The fourth-order valence-corrected chi connectivity index (χ4v) is 3.11. The fraction of sp³-hybridized carbons (Fsp3) is 0.611. The summed E-state index contributed by atoms with van der Waals surface area (Å²) in [6, 6.07) is 8.47. The maximum absolute atomic E-state index is 6.10. The first-order valence-electron chi connectivity index (χ1n) is 8.49. The molecule has 1 saturated heterocycles. The van der Waals surface area contributed by atoms with Crippen molar-refractivity contribution >= 4 is 35.6 Å². The first-order chi connectivity index (χ1) is 11.1. The molecule has 1 aliphatic heterocycles. The summed E-state index contributed by atoms with van der Waals surface area (Å²) in [6.45, 7) is 8.18. The summed E-state index contributed by atoms with van der Waals surface area (Å²) in [5.41, 5.74) is 8.13. The number of nitrogens with zero attached hydrogens (tertiary/aromatic N) is 2. The number of benzene rings is 1. The molecule has 0 bridgehead atoms. The van der Waals surface area contributed by atoms with Crippen molar-refractivity contribution in [3.05, 3.63) is 29.8 Å². The van der Waals surface area contributed by atoms with Gasteiger partial charge in [0.1, 0.15) is 0 Å².